The zero-order chi connectivity index (χ0) is 19.3. The highest BCUT2D eigenvalue weighted by molar-refractivity contribution is 5.94. The van der Waals surface area contributed by atoms with Crippen molar-refractivity contribution in [3.05, 3.63) is 59.5 Å². The maximum Gasteiger partial charge on any atom is 0.251 e. The molecule has 0 atom stereocenters. The van der Waals surface area contributed by atoms with Crippen molar-refractivity contribution in [2.24, 2.45) is 4.99 Å². The lowest BCUT2D eigenvalue weighted by molar-refractivity contribution is 0.0963. The maximum absolute atomic E-state index is 11.7. The Morgan fingerprint density at radius 3 is 2.63 bits per heavy atom. The van der Waals surface area contributed by atoms with Crippen molar-refractivity contribution in [2.75, 3.05) is 26.7 Å². The number of aliphatic imine (C=N–C) groups is 1. The zero-order valence-corrected chi connectivity index (χ0v) is 16.3. The molecule has 27 heavy (non-hydrogen) atoms. The molecule has 2 aromatic rings. The van der Waals surface area contributed by atoms with Gasteiger partial charge in [0, 0.05) is 38.7 Å². The minimum atomic E-state index is -0.0637. The summed E-state index contributed by atoms with van der Waals surface area (Å²) in [6, 6.07) is 11.6. The molecule has 3 N–H and O–H groups in total. The molecule has 1 aromatic carbocycles. The number of nitrogens with one attached hydrogen (secondary N) is 3. The Morgan fingerprint density at radius 2 is 1.93 bits per heavy atom. The first-order valence-corrected chi connectivity index (χ1v) is 9.58. The monoisotopic (exact) mass is 370 g/mol. The second kappa shape index (κ2) is 11.8. The predicted octanol–water partition coefficient (Wildman–Crippen LogP) is 2.76. The lowest BCUT2D eigenvalue weighted by Gasteiger charge is -2.12. The number of guanidine groups is 1. The quantitative estimate of drug-likeness (QED) is 0.341. The largest absolute Gasteiger partial charge is 0.469 e. The smallest absolute Gasteiger partial charge is 0.251 e. The van der Waals surface area contributed by atoms with E-state index in [0.717, 1.165) is 62.6 Å². The Kier molecular flexibility index (Phi) is 8.96. The molecule has 6 heteroatoms. The minimum absolute atomic E-state index is 0.0637. The Bertz CT molecular complexity index is 711. The van der Waals surface area contributed by atoms with Gasteiger partial charge >= 0.3 is 0 Å². The van der Waals surface area contributed by atoms with Crippen LogP contribution >= 0.6 is 0 Å². The van der Waals surface area contributed by atoms with E-state index in [1.807, 2.05) is 36.4 Å². The lowest BCUT2D eigenvalue weighted by Crippen LogP contribution is -2.39. The van der Waals surface area contributed by atoms with Crippen LogP contribution in [0.1, 0.15) is 41.4 Å². The van der Waals surface area contributed by atoms with E-state index in [-0.39, 0.29) is 5.91 Å². The molecule has 0 aliphatic carbocycles. The summed E-state index contributed by atoms with van der Waals surface area (Å²) in [5.41, 5.74) is 1.80. The van der Waals surface area contributed by atoms with Gasteiger partial charge in [-0.1, -0.05) is 25.5 Å². The van der Waals surface area contributed by atoms with Crippen LogP contribution < -0.4 is 16.0 Å². The summed E-state index contributed by atoms with van der Waals surface area (Å²) in [6.45, 7) is 4.47. The third-order valence-electron chi connectivity index (χ3n) is 4.15. The van der Waals surface area contributed by atoms with E-state index in [1.165, 1.54) is 0 Å². The molecule has 0 unspecified atom stereocenters. The van der Waals surface area contributed by atoms with Crippen LogP contribution in [0.15, 0.2) is 52.1 Å². The van der Waals surface area contributed by atoms with Crippen LogP contribution in [-0.2, 0) is 12.8 Å². The molecular weight excluding hydrogens is 340 g/mol. The number of carbonyl (C=O) groups is 1. The number of hydrogen-bond acceptors (Lipinski definition) is 3. The second-order valence-corrected chi connectivity index (χ2v) is 6.30. The predicted molar refractivity (Wildman–Crippen MR) is 109 cm³/mol. The third-order valence-corrected chi connectivity index (χ3v) is 4.15. The number of furan rings is 1. The molecule has 0 saturated carbocycles. The molecule has 0 saturated heterocycles. The fourth-order valence-electron chi connectivity index (χ4n) is 2.62. The highest BCUT2D eigenvalue weighted by atomic mass is 16.3. The molecule has 0 radical (unpaired) electrons. The summed E-state index contributed by atoms with van der Waals surface area (Å²) in [4.78, 5) is 16.4. The Balaban J connectivity index is 1.83. The highest BCUT2D eigenvalue weighted by Crippen LogP contribution is 2.05. The van der Waals surface area contributed by atoms with E-state index in [1.54, 1.807) is 13.3 Å². The summed E-state index contributed by atoms with van der Waals surface area (Å²) < 4.78 is 5.36. The Labute approximate surface area is 161 Å². The molecule has 1 aromatic heterocycles. The lowest BCUT2D eigenvalue weighted by atomic mass is 10.1. The fourth-order valence-corrected chi connectivity index (χ4v) is 2.62. The van der Waals surface area contributed by atoms with E-state index in [4.69, 9.17) is 4.42 Å². The van der Waals surface area contributed by atoms with Gasteiger partial charge in [-0.25, -0.2) is 0 Å². The Morgan fingerprint density at radius 1 is 1.11 bits per heavy atom. The van der Waals surface area contributed by atoms with Gasteiger partial charge in [0.1, 0.15) is 5.76 Å². The van der Waals surface area contributed by atoms with Gasteiger partial charge in [0.15, 0.2) is 5.96 Å². The molecular formula is C21H30N4O2. The van der Waals surface area contributed by atoms with E-state index < -0.39 is 0 Å². The number of benzene rings is 1. The summed E-state index contributed by atoms with van der Waals surface area (Å²) in [7, 11) is 1.64. The van der Waals surface area contributed by atoms with Crippen LogP contribution in [0.2, 0.25) is 0 Å². The van der Waals surface area contributed by atoms with Gasteiger partial charge in [0.05, 0.1) is 6.26 Å². The van der Waals surface area contributed by atoms with Gasteiger partial charge in [-0.05, 0) is 42.7 Å². The van der Waals surface area contributed by atoms with Gasteiger partial charge in [-0.15, -0.1) is 0 Å². The summed E-state index contributed by atoms with van der Waals surface area (Å²) in [6.07, 6.45) is 5.51. The van der Waals surface area contributed by atoms with Crippen molar-refractivity contribution < 1.29 is 9.21 Å². The average Bonchev–Trinajstić information content (AvgIpc) is 3.21. The average molecular weight is 370 g/mol. The number of carbonyl (C=O) groups excluding carboxylic acids is 1. The zero-order valence-electron chi connectivity index (χ0n) is 16.3. The SMILES string of the molecule is CCCCN=C(NCCc1cccc(C(=O)NC)c1)NCCc1ccco1. The number of rotatable bonds is 10. The Hall–Kier alpha value is -2.76. The normalized spacial score (nSPS) is 11.3. The van der Waals surface area contributed by atoms with Gasteiger partial charge in [-0.2, -0.15) is 0 Å². The topological polar surface area (TPSA) is 78.7 Å². The summed E-state index contributed by atoms with van der Waals surface area (Å²) in [5, 5.41) is 9.39. The van der Waals surface area contributed by atoms with Crippen molar-refractivity contribution in [3.8, 4) is 0 Å². The van der Waals surface area contributed by atoms with E-state index in [9.17, 15) is 4.79 Å². The van der Waals surface area contributed by atoms with Crippen LogP contribution in [0.4, 0.5) is 0 Å². The molecule has 0 fully saturated rings. The highest BCUT2D eigenvalue weighted by Gasteiger charge is 2.04. The third kappa shape index (κ3) is 7.56. The van der Waals surface area contributed by atoms with Crippen LogP contribution in [0, 0.1) is 0 Å². The van der Waals surface area contributed by atoms with E-state index in [0.29, 0.717) is 5.56 Å². The van der Waals surface area contributed by atoms with Crippen molar-refractivity contribution >= 4 is 11.9 Å². The van der Waals surface area contributed by atoms with Gasteiger partial charge < -0.3 is 20.4 Å². The van der Waals surface area contributed by atoms with Crippen molar-refractivity contribution in [2.45, 2.75) is 32.6 Å². The van der Waals surface area contributed by atoms with Gasteiger partial charge in [0.25, 0.3) is 5.91 Å². The number of unbranched alkanes of at least 4 members (excludes halogenated alkanes) is 1. The maximum atomic E-state index is 11.7. The molecule has 6 nitrogen and oxygen atoms in total. The molecule has 0 spiro atoms. The van der Waals surface area contributed by atoms with Crippen LogP contribution in [-0.4, -0.2) is 38.5 Å². The second-order valence-electron chi connectivity index (χ2n) is 6.30. The van der Waals surface area contributed by atoms with Gasteiger partial charge in [0.2, 0.25) is 0 Å². The van der Waals surface area contributed by atoms with Gasteiger partial charge in [-0.3, -0.25) is 9.79 Å². The molecule has 0 aliphatic heterocycles. The minimum Gasteiger partial charge on any atom is -0.469 e. The molecule has 0 bridgehead atoms. The number of nitrogens with zero attached hydrogens (tertiary/aromatic N) is 1. The first kappa shape index (κ1) is 20.6. The molecule has 1 heterocycles. The van der Waals surface area contributed by atoms with E-state index >= 15 is 0 Å². The number of amides is 1. The molecule has 2 rings (SSSR count). The van der Waals surface area contributed by atoms with Crippen LogP contribution in [0.5, 0.6) is 0 Å². The fraction of sp³-hybridized carbons (Fsp3) is 0.429. The molecule has 146 valence electrons. The van der Waals surface area contributed by atoms with Crippen molar-refractivity contribution in [1.82, 2.24) is 16.0 Å². The van der Waals surface area contributed by atoms with Crippen molar-refractivity contribution in [1.29, 1.82) is 0 Å². The first-order valence-electron chi connectivity index (χ1n) is 9.58. The molecule has 0 aliphatic rings. The summed E-state index contributed by atoms with van der Waals surface area (Å²) >= 11 is 0. The van der Waals surface area contributed by atoms with E-state index in [2.05, 4.69) is 27.9 Å². The molecule has 1 amide bonds. The van der Waals surface area contributed by atoms with Crippen LogP contribution in [0.25, 0.3) is 0 Å². The number of hydrogen-bond donors (Lipinski definition) is 3. The van der Waals surface area contributed by atoms with Crippen LogP contribution in [0.3, 0.4) is 0 Å². The van der Waals surface area contributed by atoms with Crippen molar-refractivity contribution in [3.63, 3.8) is 0 Å². The standard InChI is InChI=1S/C21H30N4O2/c1-3-4-12-23-21(25-14-11-19-9-6-15-27-19)24-13-10-17-7-5-8-18(16-17)20(26)22-2/h5-9,15-16H,3-4,10-14H2,1-2H3,(H,22,26)(H2,23,24,25). The first-order chi connectivity index (χ1) is 13.2. The summed E-state index contributed by atoms with van der Waals surface area (Å²) in [5.74, 6) is 1.71.